The summed E-state index contributed by atoms with van der Waals surface area (Å²) in [7, 11) is 0. The van der Waals surface area contributed by atoms with Gasteiger partial charge < -0.3 is 5.32 Å². The summed E-state index contributed by atoms with van der Waals surface area (Å²) >= 11 is 0. The fourth-order valence-corrected chi connectivity index (χ4v) is 1.21. The highest BCUT2D eigenvalue weighted by Gasteiger charge is 2.13. The maximum Gasteiger partial charge on any atom is 0.0597 e. The first-order valence-corrected chi connectivity index (χ1v) is 5.61. The van der Waals surface area contributed by atoms with Crippen molar-refractivity contribution in [3.63, 3.8) is 0 Å². The second kappa shape index (κ2) is 7.34. The van der Waals surface area contributed by atoms with E-state index in [0.717, 1.165) is 6.54 Å². The van der Waals surface area contributed by atoms with Crippen LogP contribution in [-0.4, -0.2) is 18.8 Å². The van der Waals surface area contributed by atoms with Crippen molar-refractivity contribution in [2.24, 2.45) is 5.92 Å². The van der Waals surface area contributed by atoms with Crippen LogP contribution in [0.15, 0.2) is 0 Å². The Kier molecular flexibility index (Phi) is 7.29. The molecule has 0 aliphatic heterocycles. The van der Waals surface area contributed by atoms with Gasteiger partial charge in [-0.1, -0.05) is 27.7 Å². The van der Waals surface area contributed by atoms with Crippen LogP contribution in [0.25, 0.3) is 0 Å². The molecule has 0 fully saturated rings. The second-order valence-electron chi connectivity index (χ2n) is 4.15. The lowest BCUT2D eigenvalue weighted by atomic mass is 10.1. The smallest absolute Gasteiger partial charge is 0.0597 e. The number of rotatable bonds is 7. The largest absolute Gasteiger partial charge is 0.302 e. The van der Waals surface area contributed by atoms with Crippen molar-refractivity contribution in [1.82, 2.24) is 10.6 Å². The number of hydrogen-bond acceptors (Lipinski definition) is 2. The molecule has 0 radical (unpaired) electrons. The quantitative estimate of drug-likeness (QED) is 0.596. The summed E-state index contributed by atoms with van der Waals surface area (Å²) in [4.78, 5) is 0. The molecule has 0 rings (SSSR count). The monoisotopic (exact) mass is 186 g/mol. The Balaban J connectivity index is 3.79. The van der Waals surface area contributed by atoms with Gasteiger partial charge in [-0.25, -0.2) is 0 Å². The highest BCUT2D eigenvalue weighted by atomic mass is 15.1. The predicted molar refractivity (Wildman–Crippen MR) is 59.8 cm³/mol. The molecule has 0 aromatic carbocycles. The van der Waals surface area contributed by atoms with Gasteiger partial charge in [-0.15, -0.1) is 0 Å². The van der Waals surface area contributed by atoms with Crippen LogP contribution in [0.2, 0.25) is 0 Å². The SMILES string of the molecule is CCCNC(NC(C)CC)C(C)C. The van der Waals surface area contributed by atoms with E-state index in [1.54, 1.807) is 0 Å². The molecular formula is C11H26N2. The molecule has 0 heterocycles. The zero-order valence-electron chi connectivity index (χ0n) is 9.85. The summed E-state index contributed by atoms with van der Waals surface area (Å²) in [5.74, 6) is 0.653. The molecule has 0 aliphatic carbocycles. The van der Waals surface area contributed by atoms with E-state index in [0.29, 0.717) is 18.1 Å². The van der Waals surface area contributed by atoms with Crippen molar-refractivity contribution in [3.8, 4) is 0 Å². The molecule has 80 valence electrons. The molecule has 0 spiro atoms. The Morgan fingerprint density at radius 2 is 1.69 bits per heavy atom. The third kappa shape index (κ3) is 6.05. The van der Waals surface area contributed by atoms with Gasteiger partial charge in [0.2, 0.25) is 0 Å². The van der Waals surface area contributed by atoms with Crippen LogP contribution in [-0.2, 0) is 0 Å². The molecule has 2 atom stereocenters. The maximum atomic E-state index is 3.59. The van der Waals surface area contributed by atoms with E-state index in [1.165, 1.54) is 12.8 Å². The molecular weight excluding hydrogens is 160 g/mol. The number of hydrogen-bond donors (Lipinski definition) is 2. The van der Waals surface area contributed by atoms with Crippen molar-refractivity contribution >= 4 is 0 Å². The van der Waals surface area contributed by atoms with Crippen LogP contribution in [0.1, 0.15) is 47.5 Å². The van der Waals surface area contributed by atoms with Gasteiger partial charge in [-0.2, -0.15) is 0 Å². The van der Waals surface area contributed by atoms with Gasteiger partial charge >= 0.3 is 0 Å². The summed E-state index contributed by atoms with van der Waals surface area (Å²) in [6.45, 7) is 12.3. The van der Waals surface area contributed by atoms with Gasteiger partial charge in [-0.3, -0.25) is 5.32 Å². The molecule has 2 heteroatoms. The summed E-state index contributed by atoms with van der Waals surface area (Å²) in [5.41, 5.74) is 0. The van der Waals surface area contributed by atoms with E-state index < -0.39 is 0 Å². The van der Waals surface area contributed by atoms with Crippen molar-refractivity contribution in [2.75, 3.05) is 6.54 Å². The van der Waals surface area contributed by atoms with Gasteiger partial charge in [0, 0.05) is 6.04 Å². The van der Waals surface area contributed by atoms with Gasteiger partial charge in [0.05, 0.1) is 6.17 Å². The molecule has 13 heavy (non-hydrogen) atoms. The van der Waals surface area contributed by atoms with Crippen molar-refractivity contribution in [1.29, 1.82) is 0 Å². The standard InChI is InChI=1S/C11H26N2/c1-6-8-12-11(9(3)4)13-10(5)7-2/h9-13H,6-8H2,1-5H3. The summed E-state index contributed by atoms with van der Waals surface area (Å²) in [5, 5.41) is 7.11. The normalized spacial score (nSPS) is 16.2. The third-order valence-electron chi connectivity index (χ3n) is 2.36. The highest BCUT2D eigenvalue weighted by Crippen LogP contribution is 2.01. The van der Waals surface area contributed by atoms with E-state index in [9.17, 15) is 0 Å². The van der Waals surface area contributed by atoms with Crippen LogP contribution in [0, 0.1) is 5.92 Å². The van der Waals surface area contributed by atoms with Crippen LogP contribution >= 0.6 is 0 Å². The Hall–Kier alpha value is -0.0800. The van der Waals surface area contributed by atoms with Crippen LogP contribution in [0.5, 0.6) is 0 Å². The van der Waals surface area contributed by atoms with Crippen LogP contribution in [0.4, 0.5) is 0 Å². The minimum absolute atomic E-state index is 0.468. The van der Waals surface area contributed by atoms with Crippen molar-refractivity contribution < 1.29 is 0 Å². The fourth-order valence-electron chi connectivity index (χ4n) is 1.21. The highest BCUT2D eigenvalue weighted by molar-refractivity contribution is 4.71. The average Bonchev–Trinajstić information content (AvgIpc) is 2.11. The Labute approximate surface area is 83.5 Å². The van der Waals surface area contributed by atoms with E-state index in [4.69, 9.17) is 0 Å². The van der Waals surface area contributed by atoms with E-state index in [1.807, 2.05) is 0 Å². The zero-order chi connectivity index (χ0) is 10.3. The molecule has 2 N–H and O–H groups in total. The van der Waals surface area contributed by atoms with Gasteiger partial charge in [0.15, 0.2) is 0 Å². The van der Waals surface area contributed by atoms with E-state index >= 15 is 0 Å². The summed E-state index contributed by atoms with van der Waals surface area (Å²) in [6, 6.07) is 0.608. The van der Waals surface area contributed by atoms with Crippen LogP contribution < -0.4 is 10.6 Å². The Morgan fingerprint density at radius 3 is 2.08 bits per heavy atom. The first-order chi connectivity index (χ1) is 6.11. The molecule has 2 nitrogen and oxygen atoms in total. The van der Waals surface area contributed by atoms with Gasteiger partial charge in [0.1, 0.15) is 0 Å². The van der Waals surface area contributed by atoms with Gasteiger partial charge in [-0.05, 0) is 32.2 Å². The first-order valence-electron chi connectivity index (χ1n) is 5.61. The molecule has 0 aromatic heterocycles. The second-order valence-corrected chi connectivity index (χ2v) is 4.15. The van der Waals surface area contributed by atoms with Crippen LogP contribution in [0.3, 0.4) is 0 Å². The molecule has 0 amide bonds. The summed E-state index contributed by atoms with van der Waals surface area (Å²) < 4.78 is 0. The molecule has 0 bridgehead atoms. The zero-order valence-corrected chi connectivity index (χ0v) is 9.85. The molecule has 0 saturated carbocycles. The van der Waals surface area contributed by atoms with Gasteiger partial charge in [0.25, 0.3) is 0 Å². The topological polar surface area (TPSA) is 24.1 Å². The molecule has 0 saturated heterocycles. The molecule has 0 aliphatic rings. The van der Waals surface area contributed by atoms with Crippen molar-refractivity contribution in [3.05, 3.63) is 0 Å². The fraction of sp³-hybridized carbons (Fsp3) is 1.00. The summed E-state index contributed by atoms with van der Waals surface area (Å²) in [6.07, 6.45) is 2.86. The van der Waals surface area contributed by atoms with E-state index in [-0.39, 0.29) is 0 Å². The Morgan fingerprint density at radius 1 is 1.08 bits per heavy atom. The van der Waals surface area contributed by atoms with Crippen molar-refractivity contribution in [2.45, 2.75) is 59.7 Å². The minimum Gasteiger partial charge on any atom is -0.302 e. The lowest BCUT2D eigenvalue weighted by Gasteiger charge is -2.27. The average molecular weight is 186 g/mol. The lowest BCUT2D eigenvalue weighted by Crippen LogP contribution is -2.49. The minimum atomic E-state index is 0.468. The first kappa shape index (κ1) is 12.9. The third-order valence-corrected chi connectivity index (χ3v) is 2.36. The predicted octanol–water partition coefficient (Wildman–Crippen LogP) is 2.36. The number of nitrogens with one attached hydrogen (secondary N) is 2. The maximum absolute atomic E-state index is 3.59. The van der Waals surface area contributed by atoms with E-state index in [2.05, 4.69) is 45.3 Å². The lowest BCUT2D eigenvalue weighted by molar-refractivity contribution is 0.303. The molecule has 2 unspecified atom stereocenters. The Bertz CT molecular complexity index is 113. The molecule has 0 aromatic rings.